The van der Waals surface area contributed by atoms with Gasteiger partial charge < -0.3 is 5.32 Å². The fourth-order valence-electron chi connectivity index (χ4n) is 1.96. The Hall–Kier alpha value is -0.480. The molecule has 0 heterocycles. The molecule has 1 atom stereocenters. The van der Waals surface area contributed by atoms with E-state index in [4.69, 9.17) is 0 Å². The zero-order chi connectivity index (χ0) is 9.52. The largest absolute Gasteiger partial charge is 0.314 e. The quantitative estimate of drug-likeness (QED) is 0.640. The molecule has 13 heavy (non-hydrogen) atoms. The van der Waals surface area contributed by atoms with E-state index in [0.717, 1.165) is 24.9 Å². The van der Waals surface area contributed by atoms with Crippen LogP contribution in [0.1, 0.15) is 46.0 Å². The van der Waals surface area contributed by atoms with Crippen molar-refractivity contribution in [3.63, 3.8) is 0 Å². The van der Waals surface area contributed by atoms with Crippen molar-refractivity contribution in [3.8, 4) is 11.8 Å². The van der Waals surface area contributed by atoms with Crippen molar-refractivity contribution < 1.29 is 0 Å². The van der Waals surface area contributed by atoms with E-state index >= 15 is 0 Å². The number of nitrogens with one attached hydrogen (secondary N) is 1. The van der Waals surface area contributed by atoms with Gasteiger partial charge in [-0.05, 0) is 38.6 Å². The highest BCUT2D eigenvalue weighted by atomic mass is 14.9. The summed E-state index contributed by atoms with van der Waals surface area (Å²) in [5, 5.41) is 3.58. The summed E-state index contributed by atoms with van der Waals surface area (Å²) in [6.07, 6.45) is 6.59. The van der Waals surface area contributed by atoms with E-state index in [9.17, 15) is 0 Å². The van der Waals surface area contributed by atoms with Crippen molar-refractivity contribution >= 4 is 0 Å². The lowest BCUT2D eigenvalue weighted by Crippen LogP contribution is -2.39. The second kappa shape index (κ2) is 6.05. The van der Waals surface area contributed by atoms with Crippen molar-refractivity contribution in [2.75, 3.05) is 6.54 Å². The standard InChI is InChI=1S/C12H21N/c1-3-5-6-10-12(13-4-2)11-8-7-9-11/h11-13H,4,6-10H2,1-2H3. The Labute approximate surface area is 82.3 Å². The predicted molar refractivity (Wildman–Crippen MR) is 57.5 cm³/mol. The van der Waals surface area contributed by atoms with E-state index in [1.54, 1.807) is 0 Å². The van der Waals surface area contributed by atoms with Crippen molar-refractivity contribution in [2.45, 2.75) is 52.0 Å². The second-order valence-electron chi connectivity index (χ2n) is 3.82. The van der Waals surface area contributed by atoms with Crippen LogP contribution in [0.15, 0.2) is 0 Å². The van der Waals surface area contributed by atoms with Crippen LogP contribution in [0.3, 0.4) is 0 Å². The molecule has 1 aliphatic rings. The minimum atomic E-state index is 0.736. The Morgan fingerprint density at radius 3 is 2.69 bits per heavy atom. The van der Waals surface area contributed by atoms with Gasteiger partial charge in [-0.3, -0.25) is 0 Å². The van der Waals surface area contributed by atoms with E-state index in [1.807, 2.05) is 6.92 Å². The molecule has 0 aromatic heterocycles. The van der Waals surface area contributed by atoms with Crippen LogP contribution in [0.4, 0.5) is 0 Å². The highest BCUT2D eigenvalue weighted by Gasteiger charge is 2.25. The third kappa shape index (κ3) is 3.40. The van der Waals surface area contributed by atoms with Crippen molar-refractivity contribution in [2.24, 2.45) is 5.92 Å². The fourth-order valence-corrected chi connectivity index (χ4v) is 1.96. The van der Waals surface area contributed by atoms with Gasteiger partial charge in [0.05, 0.1) is 0 Å². The average molecular weight is 179 g/mol. The van der Waals surface area contributed by atoms with E-state index in [-0.39, 0.29) is 0 Å². The van der Waals surface area contributed by atoms with Crippen molar-refractivity contribution in [3.05, 3.63) is 0 Å². The average Bonchev–Trinajstić information content (AvgIpc) is 2.02. The molecule has 0 aliphatic heterocycles. The molecule has 1 saturated carbocycles. The molecule has 1 heteroatoms. The first-order chi connectivity index (χ1) is 6.38. The molecule has 1 rings (SSSR count). The zero-order valence-electron chi connectivity index (χ0n) is 8.90. The van der Waals surface area contributed by atoms with E-state index in [1.165, 1.54) is 25.7 Å². The molecule has 1 fully saturated rings. The van der Waals surface area contributed by atoms with Gasteiger partial charge in [0, 0.05) is 12.5 Å². The Morgan fingerprint density at radius 1 is 1.46 bits per heavy atom. The Balaban J connectivity index is 2.22. The highest BCUT2D eigenvalue weighted by Crippen LogP contribution is 2.31. The van der Waals surface area contributed by atoms with Crippen molar-refractivity contribution in [1.82, 2.24) is 5.32 Å². The molecular weight excluding hydrogens is 158 g/mol. The molecular formula is C12H21N. The zero-order valence-corrected chi connectivity index (χ0v) is 8.90. The lowest BCUT2D eigenvalue weighted by atomic mass is 9.78. The first-order valence-electron chi connectivity index (χ1n) is 5.51. The maximum Gasteiger partial charge on any atom is 0.0104 e. The molecule has 74 valence electrons. The molecule has 0 radical (unpaired) electrons. The first kappa shape index (κ1) is 10.6. The SMILES string of the molecule is CC#CCCC(NCC)C1CCC1. The summed E-state index contributed by atoms with van der Waals surface area (Å²) in [4.78, 5) is 0. The fraction of sp³-hybridized carbons (Fsp3) is 0.833. The Kier molecular flexibility index (Phi) is 4.93. The molecule has 0 saturated heterocycles. The van der Waals surface area contributed by atoms with E-state index < -0.39 is 0 Å². The van der Waals surface area contributed by atoms with Gasteiger partial charge in [0.25, 0.3) is 0 Å². The van der Waals surface area contributed by atoms with Crippen LogP contribution in [0, 0.1) is 17.8 Å². The van der Waals surface area contributed by atoms with Gasteiger partial charge in [-0.15, -0.1) is 11.8 Å². The topological polar surface area (TPSA) is 12.0 Å². The van der Waals surface area contributed by atoms with Gasteiger partial charge in [-0.1, -0.05) is 13.3 Å². The minimum Gasteiger partial charge on any atom is -0.314 e. The summed E-state index contributed by atoms with van der Waals surface area (Å²) >= 11 is 0. The number of rotatable bonds is 5. The van der Waals surface area contributed by atoms with Crippen molar-refractivity contribution in [1.29, 1.82) is 0 Å². The smallest absolute Gasteiger partial charge is 0.0104 e. The van der Waals surface area contributed by atoms with Gasteiger partial charge >= 0.3 is 0 Å². The monoisotopic (exact) mass is 179 g/mol. The maximum atomic E-state index is 3.58. The maximum absolute atomic E-state index is 3.58. The van der Waals surface area contributed by atoms with Gasteiger partial charge in [0.15, 0.2) is 0 Å². The molecule has 0 aromatic carbocycles. The highest BCUT2D eigenvalue weighted by molar-refractivity contribution is 4.96. The summed E-state index contributed by atoms with van der Waals surface area (Å²) in [6, 6.07) is 0.736. The molecule has 1 aliphatic carbocycles. The van der Waals surface area contributed by atoms with Crippen LogP contribution in [0.5, 0.6) is 0 Å². The van der Waals surface area contributed by atoms with Crippen LogP contribution < -0.4 is 5.32 Å². The molecule has 1 unspecified atom stereocenters. The Bertz CT molecular complexity index is 183. The molecule has 1 N–H and O–H groups in total. The lowest BCUT2D eigenvalue weighted by Gasteiger charge is -2.34. The molecule has 0 aromatic rings. The lowest BCUT2D eigenvalue weighted by molar-refractivity contribution is 0.223. The van der Waals surface area contributed by atoms with Crippen LogP contribution >= 0.6 is 0 Å². The summed E-state index contributed by atoms with van der Waals surface area (Å²) in [5.41, 5.74) is 0. The van der Waals surface area contributed by atoms with Crippen LogP contribution in [-0.2, 0) is 0 Å². The minimum absolute atomic E-state index is 0.736. The van der Waals surface area contributed by atoms with Gasteiger partial charge in [0.2, 0.25) is 0 Å². The van der Waals surface area contributed by atoms with Crippen LogP contribution in [-0.4, -0.2) is 12.6 Å². The summed E-state index contributed by atoms with van der Waals surface area (Å²) in [7, 11) is 0. The third-order valence-corrected chi connectivity index (χ3v) is 2.94. The predicted octanol–water partition coefficient (Wildman–Crippen LogP) is 2.57. The van der Waals surface area contributed by atoms with Gasteiger partial charge in [-0.2, -0.15) is 0 Å². The number of hydrogen-bond donors (Lipinski definition) is 1. The van der Waals surface area contributed by atoms with Crippen LogP contribution in [0.2, 0.25) is 0 Å². The molecule has 1 nitrogen and oxygen atoms in total. The summed E-state index contributed by atoms with van der Waals surface area (Å²) in [5.74, 6) is 7.06. The van der Waals surface area contributed by atoms with Gasteiger partial charge in [0.1, 0.15) is 0 Å². The summed E-state index contributed by atoms with van der Waals surface area (Å²) < 4.78 is 0. The second-order valence-corrected chi connectivity index (χ2v) is 3.82. The molecule has 0 bridgehead atoms. The number of hydrogen-bond acceptors (Lipinski definition) is 1. The first-order valence-corrected chi connectivity index (χ1v) is 5.51. The normalized spacial score (nSPS) is 18.6. The molecule has 0 spiro atoms. The Morgan fingerprint density at radius 2 is 2.23 bits per heavy atom. The van der Waals surface area contributed by atoms with E-state index in [0.29, 0.717) is 0 Å². The third-order valence-electron chi connectivity index (χ3n) is 2.94. The van der Waals surface area contributed by atoms with Crippen LogP contribution in [0.25, 0.3) is 0 Å². The van der Waals surface area contributed by atoms with E-state index in [2.05, 4.69) is 24.1 Å². The molecule has 0 amide bonds. The van der Waals surface area contributed by atoms with Gasteiger partial charge in [-0.25, -0.2) is 0 Å². The summed E-state index contributed by atoms with van der Waals surface area (Å²) in [6.45, 7) is 5.21.